The third-order valence-corrected chi connectivity index (χ3v) is 4.61. The number of methoxy groups -OCH3 is 1. The zero-order valence-electron chi connectivity index (χ0n) is 16.7. The number of aromatic nitrogens is 1. The van der Waals surface area contributed by atoms with E-state index in [0.29, 0.717) is 17.9 Å². The van der Waals surface area contributed by atoms with E-state index in [-0.39, 0.29) is 17.5 Å². The van der Waals surface area contributed by atoms with Crippen molar-refractivity contribution in [3.8, 4) is 5.75 Å². The molecule has 0 bridgehead atoms. The first-order chi connectivity index (χ1) is 14.0. The van der Waals surface area contributed by atoms with Crippen LogP contribution in [0.4, 0.5) is 5.69 Å². The van der Waals surface area contributed by atoms with Gasteiger partial charge >= 0.3 is 0 Å². The Morgan fingerprint density at radius 3 is 2.41 bits per heavy atom. The van der Waals surface area contributed by atoms with E-state index in [0.717, 1.165) is 22.4 Å². The molecular formula is C23H23N3O3. The summed E-state index contributed by atoms with van der Waals surface area (Å²) in [6.45, 7) is 4.17. The fourth-order valence-electron chi connectivity index (χ4n) is 3.01. The molecule has 0 aliphatic carbocycles. The Bertz CT molecular complexity index is 1030. The summed E-state index contributed by atoms with van der Waals surface area (Å²) < 4.78 is 5.29. The molecule has 0 unspecified atom stereocenters. The van der Waals surface area contributed by atoms with Crippen LogP contribution in [0.3, 0.4) is 0 Å². The molecular weight excluding hydrogens is 366 g/mol. The van der Waals surface area contributed by atoms with Gasteiger partial charge in [0.05, 0.1) is 7.11 Å². The maximum atomic E-state index is 12.7. The summed E-state index contributed by atoms with van der Waals surface area (Å²) in [6, 6.07) is 16.3. The highest BCUT2D eigenvalue weighted by Crippen LogP contribution is 2.20. The molecule has 3 aromatic rings. The molecule has 3 rings (SSSR count). The molecule has 0 radical (unpaired) electrons. The summed E-state index contributed by atoms with van der Waals surface area (Å²) in [6.07, 6.45) is 1.46. The highest BCUT2D eigenvalue weighted by Gasteiger charge is 2.14. The number of anilines is 1. The highest BCUT2D eigenvalue weighted by atomic mass is 16.5. The molecule has 2 aromatic carbocycles. The van der Waals surface area contributed by atoms with Gasteiger partial charge in [0.25, 0.3) is 11.8 Å². The van der Waals surface area contributed by atoms with E-state index in [9.17, 15) is 9.59 Å². The Kier molecular flexibility index (Phi) is 6.24. The normalized spacial score (nSPS) is 10.3. The maximum absolute atomic E-state index is 12.7. The van der Waals surface area contributed by atoms with Gasteiger partial charge in [0.1, 0.15) is 11.4 Å². The fourth-order valence-corrected chi connectivity index (χ4v) is 3.01. The minimum absolute atomic E-state index is 0.175. The first kappa shape index (κ1) is 20.1. The van der Waals surface area contributed by atoms with Crippen LogP contribution in [0.1, 0.15) is 37.5 Å². The van der Waals surface area contributed by atoms with E-state index in [1.807, 2.05) is 56.3 Å². The van der Waals surface area contributed by atoms with Crippen LogP contribution < -0.4 is 15.4 Å². The number of pyridine rings is 1. The molecule has 0 aliphatic heterocycles. The number of rotatable bonds is 6. The minimum Gasteiger partial charge on any atom is -0.496 e. The number of ether oxygens (including phenoxy) is 1. The lowest BCUT2D eigenvalue weighted by atomic mass is 10.1. The van der Waals surface area contributed by atoms with Crippen molar-refractivity contribution in [1.29, 1.82) is 0 Å². The zero-order chi connectivity index (χ0) is 20.8. The van der Waals surface area contributed by atoms with Crippen LogP contribution in [-0.2, 0) is 6.54 Å². The van der Waals surface area contributed by atoms with Crippen molar-refractivity contribution >= 4 is 17.5 Å². The average Bonchev–Trinajstić information content (AvgIpc) is 2.74. The number of carbonyl (C=O) groups excluding carboxylic acids is 2. The highest BCUT2D eigenvalue weighted by molar-refractivity contribution is 6.06. The number of nitrogens with zero attached hydrogens (tertiary/aromatic N) is 1. The van der Waals surface area contributed by atoms with Crippen LogP contribution in [0, 0.1) is 13.8 Å². The molecule has 6 heteroatoms. The molecule has 1 heterocycles. The molecule has 0 saturated carbocycles. The summed E-state index contributed by atoms with van der Waals surface area (Å²) >= 11 is 0. The second-order valence-electron chi connectivity index (χ2n) is 6.65. The number of nitrogens with one attached hydrogen (secondary N) is 2. The molecule has 29 heavy (non-hydrogen) atoms. The molecule has 0 aliphatic rings. The SMILES string of the molecule is COc1ccccc1CNC(=O)c1cc(C(=O)Nc2c(C)cccc2C)ccn1. The van der Waals surface area contributed by atoms with Gasteiger partial charge < -0.3 is 15.4 Å². The minimum atomic E-state index is -0.363. The number of hydrogen-bond acceptors (Lipinski definition) is 4. The van der Waals surface area contributed by atoms with E-state index in [1.54, 1.807) is 13.2 Å². The van der Waals surface area contributed by atoms with Gasteiger partial charge in [-0.2, -0.15) is 0 Å². The fraction of sp³-hybridized carbons (Fsp3) is 0.174. The molecule has 1 aromatic heterocycles. The van der Waals surface area contributed by atoms with Crippen LogP contribution in [0.25, 0.3) is 0 Å². The average molecular weight is 389 g/mol. The first-order valence-electron chi connectivity index (χ1n) is 9.23. The summed E-state index contributed by atoms with van der Waals surface area (Å²) in [5.74, 6) is 0.0451. The number of hydrogen-bond donors (Lipinski definition) is 2. The van der Waals surface area contributed by atoms with Crippen molar-refractivity contribution < 1.29 is 14.3 Å². The molecule has 0 saturated heterocycles. The number of carbonyl (C=O) groups is 2. The van der Waals surface area contributed by atoms with Gasteiger partial charge in [0.15, 0.2) is 0 Å². The second kappa shape index (κ2) is 9.01. The zero-order valence-corrected chi connectivity index (χ0v) is 16.7. The van der Waals surface area contributed by atoms with Crippen LogP contribution in [0.2, 0.25) is 0 Å². The lowest BCUT2D eigenvalue weighted by molar-refractivity contribution is 0.0945. The van der Waals surface area contributed by atoms with Crippen molar-refractivity contribution in [2.24, 2.45) is 0 Å². The lowest BCUT2D eigenvalue weighted by Crippen LogP contribution is -2.24. The van der Waals surface area contributed by atoms with Gasteiger partial charge in [-0.1, -0.05) is 36.4 Å². The Labute approximate surface area is 169 Å². The van der Waals surface area contributed by atoms with Crippen LogP contribution >= 0.6 is 0 Å². The van der Waals surface area contributed by atoms with E-state index in [4.69, 9.17) is 4.74 Å². The lowest BCUT2D eigenvalue weighted by Gasteiger charge is -2.12. The van der Waals surface area contributed by atoms with Gasteiger partial charge in [-0.05, 0) is 43.2 Å². The molecule has 2 amide bonds. The standard InChI is InChI=1S/C23H23N3O3/c1-15-7-6-8-16(2)21(15)26-22(27)17-11-12-24-19(13-17)23(28)25-14-18-9-4-5-10-20(18)29-3/h4-13H,14H2,1-3H3,(H,25,28)(H,26,27). The van der Waals surface area contributed by atoms with Crippen LogP contribution in [0.5, 0.6) is 5.75 Å². The van der Waals surface area contributed by atoms with E-state index in [2.05, 4.69) is 15.6 Å². The second-order valence-corrected chi connectivity index (χ2v) is 6.65. The number of aryl methyl sites for hydroxylation is 2. The summed E-state index contributed by atoms with van der Waals surface area (Å²) in [7, 11) is 1.58. The largest absolute Gasteiger partial charge is 0.496 e. The third kappa shape index (κ3) is 4.79. The van der Waals surface area contributed by atoms with Crippen molar-refractivity contribution in [2.75, 3.05) is 12.4 Å². The van der Waals surface area contributed by atoms with Crippen molar-refractivity contribution in [3.63, 3.8) is 0 Å². The van der Waals surface area contributed by atoms with Gasteiger partial charge in [-0.15, -0.1) is 0 Å². The molecule has 0 fully saturated rings. The number of amides is 2. The Morgan fingerprint density at radius 2 is 1.69 bits per heavy atom. The number of para-hydroxylation sites is 2. The smallest absolute Gasteiger partial charge is 0.270 e. The Balaban J connectivity index is 1.71. The Hall–Kier alpha value is -3.67. The van der Waals surface area contributed by atoms with Gasteiger partial charge in [-0.25, -0.2) is 0 Å². The predicted molar refractivity (Wildman–Crippen MR) is 112 cm³/mol. The monoisotopic (exact) mass is 389 g/mol. The maximum Gasteiger partial charge on any atom is 0.270 e. The molecule has 2 N–H and O–H groups in total. The summed E-state index contributed by atoms with van der Waals surface area (Å²) in [5, 5.41) is 5.73. The third-order valence-electron chi connectivity index (χ3n) is 4.61. The van der Waals surface area contributed by atoms with Gasteiger partial charge in [0.2, 0.25) is 0 Å². The Morgan fingerprint density at radius 1 is 0.966 bits per heavy atom. The quantitative estimate of drug-likeness (QED) is 0.670. The van der Waals surface area contributed by atoms with Gasteiger partial charge in [0, 0.05) is 29.6 Å². The summed E-state index contributed by atoms with van der Waals surface area (Å²) in [4.78, 5) is 29.3. The molecule has 0 spiro atoms. The molecule has 0 atom stereocenters. The van der Waals surface area contributed by atoms with Crippen LogP contribution in [0.15, 0.2) is 60.8 Å². The van der Waals surface area contributed by atoms with Crippen molar-refractivity contribution in [2.45, 2.75) is 20.4 Å². The van der Waals surface area contributed by atoms with Crippen LogP contribution in [-0.4, -0.2) is 23.9 Å². The van der Waals surface area contributed by atoms with E-state index >= 15 is 0 Å². The molecule has 148 valence electrons. The van der Waals surface area contributed by atoms with Gasteiger partial charge in [-0.3, -0.25) is 14.6 Å². The van der Waals surface area contributed by atoms with Crippen molar-refractivity contribution in [1.82, 2.24) is 10.3 Å². The molecule has 6 nitrogen and oxygen atoms in total. The first-order valence-corrected chi connectivity index (χ1v) is 9.23. The van der Waals surface area contributed by atoms with Crippen molar-refractivity contribution in [3.05, 3.63) is 88.7 Å². The number of benzene rings is 2. The van der Waals surface area contributed by atoms with E-state index in [1.165, 1.54) is 12.3 Å². The van der Waals surface area contributed by atoms with E-state index < -0.39 is 0 Å². The summed E-state index contributed by atoms with van der Waals surface area (Å²) in [5.41, 5.74) is 4.12. The topological polar surface area (TPSA) is 80.3 Å². The predicted octanol–water partition coefficient (Wildman–Crippen LogP) is 3.89.